The highest BCUT2D eigenvalue weighted by molar-refractivity contribution is 5.97. The number of hydrogen-bond acceptors (Lipinski definition) is 6. The lowest BCUT2D eigenvalue weighted by Gasteiger charge is -2.16. The maximum atomic E-state index is 12.7. The van der Waals surface area contributed by atoms with E-state index in [0.29, 0.717) is 40.5 Å². The molecule has 3 aromatic carbocycles. The van der Waals surface area contributed by atoms with Crippen LogP contribution >= 0.6 is 0 Å². The maximum Gasteiger partial charge on any atom is 0.343 e. The Balaban J connectivity index is 1.52. The van der Waals surface area contributed by atoms with Crippen LogP contribution in [-0.2, 0) is 11.2 Å². The molecule has 1 amide bonds. The summed E-state index contributed by atoms with van der Waals surface area (Å²) in [6.07, 6.45) is 5.87. The van der Waals surface area contributed by atoms with Crippen LogP contribution in [0.1, 0.15) is 70.9 Å². The molecule has 0 radical (unpaired) electrons. The number of carbonyl (C=O) groups is 3. The minimum Gasteiger partial charge on any atom is -0.496 e. The Hall–Kier alpha value is -4.33. The third-order valence-corrected chi connectivity index (χ3v) is 6.44. The van der Waals surface area contributed by atoms with Crippen LogP contribution in [-0.4, -0.2) is 42.7 Å². The standard InChI is InChI=1S/C32H37NO7/c1-4-5-6-7-8-19-39-26-16-11-24(12-17-26)32(37)40-27-14-9-23(10-15-27)21-28(31(35)36)33-30(34)25-13-18-29(38-3)22(2)20-25/h9-18,20,28H,4-8,19,21H2,1-3H3,(H,33,34)(H,35,36)/t28-/m0/s1. The molecule has 0 fully saturated rings. The summed E-state index contributed by atoms with van der Waals surface area (Å²) in [6.45, 7) is 4.64. The largest absolute Gasteiger partial charge is 0.496 e. The van der Waals surface area contributed by atoms with Gasteiger partial charge in [0.1, 0.15) is 23.3 Å². The van der Waals surface area contributed by atoms with Crippen molar-refractivity contribution in [1.29, 1.82) is 0 Å². The van der Waals surface area contributed by atoms with Crippen molar-refractivity contribution in [2.75, 3.05) is 13.7 Å². The molecule has 0 unspecified atom stereocenters. The van der Waals surface area contributed by atoms with Gasteiger partial charge in [0.2, 0.25) is 0 Å². The second-order valence-electron chi connectivity index (χ2n) is 9.57. The van der Waals surface area contributed by atoms with Gasteiger partial charge in [0.15, 0.2) is 0 Å². The molecule has 8 heteroatoms. The van der Waals surface area contributed by atoms with E-state index in [4.69, 9.17) is 14.2 Å². The molecule has 212 valence electrons. The zero-order valence-corrected chi connectivity index (χ0v) is 23.3. The Morgan fingerprint density at radius 1 is 0.850 bits per heavy atom. The van der Waals surface area contributed by atoms with Crippen molar-refractivity contribution in [3.8, 4) is 17.2 Å². The van der Waals surface area contributed by atoms with Crippen LogP contribution in [0, 0.1) is 6.92 Å². The molecule has 0 aliphatic heterocycles. The number of benzene rings is 3. The zero-order valence-electron chi connectivity index (χ0n) is 23.3. The van der Waals surface area contributed by atoms with Gasteiger partial charge in [-0.05, 0) is 79.1 Å². The number of nitrogens with one attached hydrogen (secondary N) is 1. The van der Waals surface area contributed by atoms with E-state index in [1.54, 1.807) is 80.8 Å². The molecule has 0 aromatic heterocycles. The number of aryl methyl sites for hydroxylation is 1. The van der Waals surface area contributed by atoms with Crippen LogP contribution < -0.4 is 19.5 Å². The molecule has 40 heavy (non-hydrogen) atoms. The number of carboxylic acids is 1. The highest BCUT2D eigenvalue weighted by Crippen LogP contribution is 2.20. The molecule has 0 bridgehead atoms. The number of rotatable bonds is 15. The fourth-order valence-corrected chi connectivity index (χ4v) is 4.14. The van der Waals surface area contributed by atoms with Crippen LogP contribution in [0.4, 0.5) is 0 Å². The van der Waals surface area contributed by atoms with Crippen molar-refractivity contribution >= 4 is 17.8 Å². The van der Waals surface area contributed by atoms with E-state index >= 15 is 0 Å². The molecule has 8 nitrogen and oxygen atoms in total. The number of amides is 1. The van der Waals surface area contributed by atoms with E-state index in [-0.39, 0.29) is 6.42 Å². The van der Waals surface area contributed by atoms with Gasteiger partial charge in [-0.1, -0.05) is 44.7 Å². The van der Waals surface area contributed by atoms with Crippen molar-refractivity contribution < 1.29 is 33.7 Å². The van der Waals surface area contributed by atoms with Crippen molar-refractivity contribution in [2.24, 2.45) is 0 Å². The van der Waals surface area contributed by atoms with Crippen LogP contribution in [0.5, 0.6) is 17.2 Å². The Morgan fingerprint density at radius 2 is 1.50 bits per heavy atom. The molecule has 0 spiro atoms. The summed E-state index contributed by atoms with van der Waals surface area (Å²) in [5, 5.41) is 12.2. The third-order valence-electron chi connectivity index (χ3n) is 6.44. The molecule has 0 saturated carbocycles. The molecule has 3 rings (SSSR count). The number of hydrogen-bond donors (Lipinski definition) is 2. The number of methoxy groups -OCH3 is 1. The summed E-state index contributed by atoms with van der Waals surface area (Å²) in [5.74, 6) is -0.486. The van der Waals surface area contributed by atoms with Crippen LogP contribution in [0.25, 0.3) is 0 Å². The number of carbonyl (C=O) groups excluding carboxylic acids is 2. The topological polar surface area (TPSA) is 111 Å². The summed E-state index contributed by atoms with van der Waals surface area (Å²) < 4.78 is 16.4. The van der Waals surface area contributed by atoms with Gasteiger partial charge < -0.3 is 24.6 Å². The number of carboxylic acid groups (broad SMARTS) is 1. The van der Waals surface area contributed by atoms with E-state index in [1.807, 2.05) is 0 Å². The minimum atomic E-state index is -1.15. The second kappa shape index (κ2) is 15.3. The molecule has 0 saturated heterocycles. The van der Waals surface area contributed by atoms with Gasteiger partial charge >= 0.3 is 11.9 Å². The summed E-state index contributed by atoms with van der Waals surface area (Å²) in [7, 11) is 1.54. The molecule has 0 aliphatic rings. The fourth-order valence-electron chi connectivity index (χ4n) is 4.14. The van der Waals surface area contributed by atoms with E-state index in [2.05, 4.69) is 12.2 Å². The average molecular weight is 548 g/mol. The Morgan fingerprint density at radius 3 is 2.12 bits per heavy atom. The monoisotopic (exact) mass is 547 g/mol. The van der Waals surface area contributed by atoms with Crippen LogP contribution in [0.15, 0.2) is 66.7 Å². The molecule has 1 atom stereocenters. The van der Waals surface area contributed by atoms with Gasteiger partial charge in [-0.25, -0.2) is 9.59 Å². The van der Waals surface area contributed by atoms with Crippen LogP contribution in [0.2, 0.25) is 0 Å². The van der Waals surface area contributed by atoms with Crippen molar-refractivity contribution in [2.45, 2.75) is 58.4 Å². The Bertz CT molecular complexity index is 1270. The van der Waals surface area contributed by atoms with Gasteiger partial charge in [0.25, 0.3) is 5.91 Å². The van der Waals surface area contributed by atoms with Crippen molar-refractivity contribution in [3.63, 3.8) is 0 Å². The molecule has 2 N–H and O–H groups in total. The number of esters is 1. The van der Waals surface area contributed by atoms with Gasteiger partial charge in [0, 0.05) is 12.0 Å². The Labute approximate surface area is 235 Å². The molecule has 0 aliphatic carbocycles. The van der Waals surface area contributed by atoms with E-state index in [0.717, 1.165) is 18.4 Å². The van der Waals surface area contributed by atoms with Gasteiger partial charge in [0.05, 0.1) is 19.3 Å². The molecular formula is C32H37NO7. The predicted molar refractivity (Wildman–Crippen MR) is 152 cm³/mol. The summed E-state index contributed by atoms with van der Waals surface area (Å²) in [5.41, 5.74) is 2.16. The lowest BCUT2D eigenvalue weighted by atomic mass is 10.0. The van der Waals surface area contributed by atoms with E-state index in [9.17, 15) is 19.5 Å². The van der Waals surface area contributed by atoms with Crippen LogP contribution in [0.3, 0.4) is 0 Å². The van der Waals surface area contributed by atoms with Crippen molar-refractivity contribution in [1.82, 2.24) is 5.32 Å². The SMILES string of the molecule is CCCCCCCOc1ccc(C(=O)Oc2ccc(C[C@H](NC(=O)c3ccc(OC)c(C)c3)C(=O)O)cc2)cc1. The lowest BCUT2D eigenvalue weighted by Crippen LogP contribution is -2.42. The average Bonchev–Trinajstić information content (AvgIpc) is 2.95. The third kappa shape index (κ3) is 9.15. The quantitative estimate of drug-likeness (QED) is 0.136. The number of unbranched alkanes of at least 4 members (excludes halogenated alkanes) is 4. The summed E-state index contributed by atoms with van der Waals surface area (Å²) in [6, 6.07) is 17.1. The van der Waals surface area contributed by atoms with E-state index in [1.165, 1.54) is 19.3 Å². The number of aliphatic carboxylic acids is 1. The maximum absolute atomic E-state index is 12.7. The first-order valence-electron chi connectivity index (χ1n) is 13.5. The van der Waals surface area contributed by atoms with Gasteiger partial charge in [-0.3, -0.25) is 4.79 Å². The number of ether oxygens (including phenoxy) is 3. The lowest BCUT2D eigenvalue weighted by molar-refractivity contribution is -0.139. The zero-order chi connectivity index (χ0) is 28.9. The second-order valence-corrected chi connectivity index (χ2v) is 9.57. The first-order chi connectivity index (χ1) is 19.3. The van der Waals surface area contributed by atoms with Crippen molar-refractivity contribution in [3.05, 3.63) is 89.0 Å². The fraction of sp³-hybridized carbons (Fsp3) is 0.344. The highest BCUT2D eigenvalue weighted by atomic mass is 16.5. The molecule has 0 heterocycles. The highest BCUT2D eigenvalue weighted by Gasteiger charge is 2.22. The summed E-state index contributed by atoms with van der Waals surface area (Å²) >= 11 is 0. The Kier molecular flexibility index (Phi) is 11.6. The summed E-state index contributed by atoms with van der Waals surface area (Å²) in [4.78, 5) is 37.0. The minimum absolute atomic E-state index is 0.0600. The van der Waals surface area contributed by atoms with Gasteiger partial charge in [-0.2, -0.15) is 0 Å². The van der Waals surface area contributed by atoms with Gasteiger partial charge in [-0.15, -0.1) is 0 Å². The molecular weight excluding hydrogens is 510 g/mol. The van der Waals surface area contributed by atoms with E-state index < -0.39 is 23.9 Å². The first kappa shape index (κ1) is 30.2. The predicted octanol–water partition coefficient (Wildman–Crippen LogP) is 6.00. The smallest absolute Gasteiger partial charge is 0.343 e. The molecule has 3 aromatic rings. The normalized spacial score (nSPS) is 11.4. The first-order valence-corrected chi connectivity index (χ1v) is 13.5.